The molecule has 0 aromatic rings. The van der Waals surface area contributed by atoms with Gasteiger partial charge in [0.05, 0.1) is 0 Å². The smallest absolute Gasteiger partial charge is 0.0288 e. The maximum absolute atomic E-state index is 6.50. The average Bonchev–Trinajstić information content (AvgIpc) is 2.16. The van der Waals surface area contributed by atoms with Crippen molar-refractivity contribution in [2.45, 2.75) is 72.8 Å². The molecule has 0 rings (SSSR count). The van der Waals surface area contributed by atoms with E-state index in [9.17, 15) is 0 Å². The van der Waals surface area contributed by atoms with E-state index < -0.39 is 0 Å². The molecule has 0 fully saturated rings. The molecule has 0 spiro atoms. The van der Waals surface area contributed by atoms with E-state index >= 15 is 0 Å². The second-order valence-corrected chi connectivity index (χ2v) is 6.96. The summed E-state index contributed by atoms with van der Waals surface area (Å²) in [4.78, 5) is 0. The molecule has 0 amide bonds. The molecule has 0 aliphatic heterocycles. The van der Waals surface area contributed by atoms with E-state index in [0.717, 1.165) is 25.7 Å². The first-order chi connectivity index (χ1) is 7.10. The van der Waals surface area contributed by atoms with E-state index in [1.165, 1.54) is 0 Å². The number of hydrogen-bond donors (Lipinski definition) is 2. The zero-order valence-electron chi connectivity index (χ0n) is 12.2. The number of rotatable bonds is 7. The van der Waals surface area contributed by atoms with Crippen LogP contribution >= 0.6 is 0 Å². The first-order valence-corrected chi connectivity index (χ1v) is 6.59. The van der Waals surface area contributed by atoms with Gasteiger partial charge in [0, 0.05) is 12.1 Å². The first-order valence-electron chi connectivity index (χ1n) is 6.59. The van der Waals surface area contributed by atoms with Crippen LogP contribution < -0.4 is 11.5 Å². The molecule has 2 heteroatoms. The van der Waals surface area contributed by atoms with Crippen LogP contribution in [-0.4, -0.2) is 12.1 Å². The van der Waals surface area contributed by atoms with Crippen molar-refractivity contribution < 1.29 is 0 Å². The van der Waals surface area contributed by atoms with Crippen molar-refractivity contribution in [2.24, 2.45) is 22.3 Å². The van der Waals surface area contributed by atoms with E-state index in [1.54, 1.807) is 0 Å². The molecule has 0 aliphatic rings. The Morgan fingerprint density at radius 2 is 1.12 bits per heavy atom. The fourth-order valence-electron chi connectivity index (χ4n) is 2.36. The highest BCUT2D eigenvalue weighted by molar-refractivity contribution is 4.94. The highest BCUT2D eigenvalue weighted by Crippen LogP contribution is 2.37. The van der Waals surface area contributed by atoms with Crippen molar-refractivity contribution in [3.8, 4) is 0 Å². The minimum Gasteiger partial charge on any atom is -0.329 e. The molecule has 0 aromatic heterocycles. The largest absolute Gasteiger partial charge is 0.329 e. The maximum atomic E-state index is 6.50. The second kappa shape index (κ2) is 5.50. The molecule has 0 aromatic carbocycles. The van der Waals surface area contributed by atoms with E-state index in [0.29, 0.717) is 6.54 Å². The third kappa shape index (κ3) is 5.31. The Labute approximate surface area is 102 Å². The van der Waals surface area contributed by atoms with Gasteiger partial charge in [0.1, 0.15) is 0 Å². The van der Waals surface area contributed by atoms with Gasteiger partial charge in [0.15, 0.2) is 0 Å². The Morgan fingerprint density at radius 3 is 1.31 bits per heavy atom. The Morgan fingerprint density at radius 1 is 0.812 bits per heavy atom. The summed E-state index contributed by atoms with van der Waals surface area (Å²) in [5.41, 5.74) is 12.8. The summed E-state index contributed by atoms with van der Waals surface area (Å²) in [5, 5.41) is 0. The number of nitrogens with two attached hydrogens (primary N) is 2. The minimum atomic E-state index is -0.209. The third-order valence-electron chi connectivity index (χ3n) is 3.98. The van der Waals surface area contributed by atoms with Gasteiger partial charge < -0.3 is 11.5 Å². The van der Waals surface area contributed by atoms with Gasteiger partial charge in [-0.1, -0.05) is 54.4 Å². The monoisotopic (exact) mass is 228 g/mol. The fraction of sp³-hybridized carbons (Fsp3) is 1.00. The van der Waals surface area contributed by atoms with E-state index in [2.05, 4.69) is 41.5 Å². The standard InChI is InChI=1S/C14H32N2/c1-7-12(3,4)9-14(16,11-15)10-13(5,6)8-2/h7-11,15-16H2,1-6H3. The molecule has 0 unspecified atom stereocenters. The van der Waals surface area contributed by atoms with Crippen molar-refractivity contribution in [2.75, 3.05) is 6.54 Å². The van der Waals surface area contributed by atoms with Gasteiger partial charge in [0.25, 0.3) is 0 Å². The van der Waals surface area contributed by atoms with E-state index in [1.807, 2.05) is 0 Å². The quantitative estimate of drug-likeness (QED) is 0.702. The molecule has 0 radical (unpaired) electrons. The van der Waals surface area contributed by atoms with Crippen LogP contribution in [0.25, 0.3) is 0 Å². The predicted octanol–water partition coefficient (Wildman–Crippen LogP) is 3.30. The Hall–Kier alpha value is -0.0800. The molecular formula is C14H32N2. The van der Waals surface area contributed by atoms with Crippen LogP contribution in [0.4, 0.5) is 0 Å². The summed E-state index contributed by atoms with van der Waals surface area (Å²) in [6.07, 6.45) is 4.32. The normalized spacial score (nSPS) is 14.2. The van der Waals surface area contributed by atoms with Crippen LogP contribution in [-0.2, 0) is 0 Å². The summed E-state index contributed by atoms with van der Waals surface area (Å²) in [7, 11) is 0. The van der Waals surface area contributed by atoms with Gasteiger partial charge in [-0.25, -0.2) is 0 Å². The topological polar surface area (TPSA) is 52.0 Å². The lowest BCUT2D eigenvalue weighted by Crippen LogP contribution is -2.52. The van der Waals surface area contributed by atoms with Crippen LogP contribution in [0.3, 0.4) is 0 Å². The van der Waals surface area contributed by atoms with Gasteiger partial charge in [-0.05, 0) is 23.7 Å². The van der Waals surface area contributed by atoms with Crippen molar-refractivity contribution >= 4 is 0 Å². The molecule has 2 nitrogen and oxygen atoms in total. The van der Waals surface area contributed by atoms with Crippen molar-refractivity contribution in [3.05, 3.63) is 0 Å². The molecule has 16 heavy (non-hydrogen) atoms. The van der Waals surface area contributed by atoms with Crippen LogP contribution in [0.15, 0.2) is 0 Å². The van der Waals surface area contributed by atoms with Gasteiger partial charge in [-0.15, -0.1) is 0 Å². The van der Waals surface area contributed by atoms with Gasteiger partial charge in [0.2, 0.25) is 0 Å². The van der Waals surface area contributed by atoms with E-state index in [4.69, 9.17) is 11.5 Å². The second-order valence-electron chi connectivity index (χ2n) is 6.96. The average molecular weight is 228 g/mol. The summed E-state index contributed by atoms with van der Waals surface area (Å²) < 4.78 is 0. The maximum Gasteiger partial charge on any atom is 0.0288 e. The summed E-state index contributed by atoms with van der Waals surface area (Å²) in [6.45, 7) is 14.2. The Kier molecular flexibility index (Phi) is 5.48. The SMILES string of the molecule is CCC(C)(C)CC(N)(CN)CC(C)(C)CC. The van der Waals surface area contributed by atoms with Crippen LogP contribution in [0.5, 0.6) is 0 Å². The summed E-state index contributed by atoms with van der Waals surface area (Å²) >= 11 is 0. The minimum absolute atomic E-state index is 0.209. The van der Waals surface area contributed by atoms with Gasteiger partial charge in [-0.3, -0.25) is 0 Å². The van der Waals surface area contributed by atoms with Gasteiger partial charge in [-0.2, -0.15) is 0 Å². The predicted molar refractivity (Wildman–Crippen MR) is 73.4 cm³/mol. The third-order valence-corrected chi connectivity index (χ3v) is 3.98. The highest BCUT2D eigenvalue weighted by atomic mass is 14.8. The molecule has 0 heterocycles. The lowest BCUT2D eigenvalue weighted by Gasteiger charge is -2.41. The Bertz CT molecular complexity index is 189. The van der Waals surface area contributed by atoms with Crippen molar-refractivity contribution in [3.63, 3.8) is 0 Å². The summed E-state index contributed by atoms with van der Waals surface area (Å²) in [6, 6.07) is 0. The fourth-order valence-corrected chi connectivity index (χ4v) is 2.36. The van der Waals surface area contributed by atoms with Gasteiger partial charge >= 0.3 is 0 Å². The molecule has 0 saturated heterocycles. The lowest BCUT2D eigenvalue weighted by atomic mass is 9.69. The molecule has 98 valence electrons. The van der Waals surface area contributed by atoms with Crippen molar-refractivity contribution in [1.29, 1.82) is 0 Å². The van der Waals surface area contributed by atoms with Crippen LogP contribution in [0.1, 0.15) is 67.2 Å². The van der Waals surface area contributed by atoms with Crippen molar-refractivity contribution in [1.82, 2.24) is 0 Å². The lowest BCUT2D eigenvalue weighted by molar-refractivity contribution is 0.161. The first kappa shape index (κ1) is 15.9. The van der Waals surface area contributed by atoms with Crippen LogP contribution in [0.2, 0.25) is 0 Å². The Balaban J connectivity index is 4.67. The molecule has 0 bridgehead atoms. The number of hydrogen-bond acceptors (Lipinski definition) is 2. The zero-order chi connectivity index (χ0) is 13.0. The van der Waals surface area contributed by atoms with Crippen LogP contribution in [0, 0.1) is 10.8 Å². The molecule has 0 saturated carbocycles. The van der Waals surface area contributed by atoms with E-state index in [-0.39, 0.29) is 16.4 Å². The molecular weight excluding hydrogens is 196 g/mol. The molecule has 0 atom stereocenters. The highest BCUT2D eigenvalue weighted by Gasteiger charge is 2.35. The summed E-state index contributed by atoms with van der Waals surface area (Å²) in [5.74, 6) is 0. The molecule has 4 N–H and O–H groups in total. The zero-order valence-corrected chi connectivity index (χ0v) is 12.2. The molecule has 0 aliphatic carbocycles.